The molecule has 31 nitrogen and oxygen atoms in total. The van der Waals surface area contributed by atoms with Crippen molar-refractivity contribution in [3.63, 3.8) is 0 Å². The maximum absolute atomic E-state index is 12.0. The summed E-state index contributed by atoms with van der Waals surface area (Å²) >= 11 is 0. The first-order chi connectivity index (χ1) is 28.8. The van der Waals surface area contributed by atoms with Crippen molar-refractivity contribution in [1.29, 1.82) is 0 Å². The Bertz CT molecular complexity index is 2360. The summed E-state index contributed by atoms with van der Waals surface area (Å²) in [6.45, 7) is 12.0. The van der Waals surface area contributed by atoms with Crippen molar-refractivity contribution in [2.24, 2.45) is 10.7 Å². The molecule has 0 saturated carbocycles. The van der Waals surface area contributed by atoms with E-state index in [0.717, 1.165) is 0 Å². The van der Waals surface area contributed by atoms with Crippen molar-refractivity contribution >= 4 is 52.8 Å². The first-order valence-electron chi connectivity index (χ1n) is 16.6. The molecular weight excluding hydrogens is 996 g/mol. The smallest absolute Gasteiger partial charge is 0.386 e. The normalized spacial score (nSPS) is 32.5. The van der Waals surface area contributed by atoms with Crippen molar-refractivity contribution < 1.29 is 123 Å². The topological polar surface area (TPSA) is 476 Å². The van der Waals surface area contributed by atoms with Gasteiger partial charge in [0.25, 0.3) is 0 Å². The minimum atomic E-state index is -5.77. The van der Waals surface area contributed by atoms with E-state index in [1.54, 1.807) is 13.8 Å². The Kier molecular flexibility index (Phi) is 17.2. The molecule has 0 bridgehead atoms. The summed E-state index contributed by atoms with van der Waals surface area (Å²) in [5.74, 6) is 4.28. The van der Waals surface area contributed by atoms with Gasteiger partial charge in [0, 0.05) is 23.7 Å². The number of nitrogens with two attached hydrogens (primary N) is 1. The van der Waals surface area contributed by atoms with Crippen molar-refractivity contribution in [2.45, 2.75) is 61.9 Å². The molecule has 360 valence electrons. The van der Waals surface area contributed by atoms with E-state index >= 15 is 0 Å². The highest BCUT2D eigenvalue weighted by Crippen LogP contribution is 2.67. The fourth-order valence-corrected chi connectivity index (χ4v) is 11.4. The fourth-order valence-electron chi connectivity index (χ4n) is 5.32. The lowest BCUT2D eigenvalue weighted by Gasteiger charge is -2.36. The van der Waals surface area contributed by atoms with Gasteiger partial charge in [0.15, 0.2) is 23.7 Å². The highest BCUT2D eigenvalue weighted by Gasteiger charge is 2.58. The van der Waals surface area contributed by atoms with E-state index in [4.69, 9.17) is 47.6 Å². The van der Waals surface area contributed by atoms with Crippen LogP contribution in [0.25, 0.3) is 0 Å². The number of aliphatic hydroxyl groups excluding tert-OH is 4. The zero-order valence-corrected chi connectivity index (χ0v) is 37.9. The average molecular weight is 1040 g/mol. The molecule has 37 heteroatoms. The van der Waals surface area contributed by atoms with Gasteiger partial charge in [-0.3, -0.25) is 9.05 Å². The number of aliphatic imine (C=N–C) groups is 1. The number of hydrogen-bond acceptors (Lipinski definition) is 23. The highest BCUT2D eigenvalue weighted by molar-refractivity contribution is 7.67. The van der Waals surface area contributed by atoms with E-state index in [9.17, 15) is 67.4 Å². The van der Waals surface area contributed by atoms with Gasteiger partial charge < -0.3 is 89.9 Å². The second-order valence-electron chi connectivity index (χ2n) is 13.1. The van der Waals surface area contributed by atoms with Crippen LogP contribution in [0.3, 0.4) is 0 Å². The van der Waals surface area contributed by atoms with Crippen molar-refractivity contribution in [3.05, 3.63) is 60.6 Å². The molecule has 4 heterocycles. The van der Waals surface area contributed by atoms with Crippen LogP contribution >= 0.6 is 46.9 Å². The van der Waals surface area contributed by atoms with Crippen LogP contribution in [0.15, 0.2) is 65.6 Å². The number of rotatable bonds is 16. The standard InChI is InChI=1S/C14H21N2O13P3.C13H20N3O13P3/c1-5-14(7-26-31(22,23)29-32(24,25)28-30(19,20)21)12(18)11(17)13(27-14)16-6-8(2)9(3)15-10(16)4;1-4-13(6-26-31(22,23)29-32(24,25)28-30(19,20)21)10(18)9(17)12(27-13)16-5-7(2)11(14)15-8(16)3/h1,6,11-13,15,17-18H,3-4,7H2,2H3,(H,22,23)(H,24,25)(H2,19,20,21);1,5,9-10,12,17-18H,3,6H2,2H3,(H2,14,15)(H,22,23)(H,24,25)(H2,19,20,21)/t11?,12-,13-,14-;9?,10-,12-,13-/m11/s1. The minimum absolute atomic E-state index is 0.00468. The molecule has 0 spiro atoms. The van der Waals surface area contributed by atoms with Gasteiger partial charge >= 0.3 is 46.9 Å². The molecule has 0 amide bonds. The summed E-state index contributed by atoms with van der Waals surface area (Å²) in [7, 11) is -33.8. The van der Waals surface area contributed by atoms with Crippen LogP contribution < -0.4 is 11.1 Å². The lowest BCUT2D eigenvalue weighted by Crippen LogP contribution is -2.46. The Morgan fingerprint density at radius 1 is 0.703 bits per heavy atom. The lowest BCUT2D eigenvalue weighted by atomic mass is 9.97. The van der Waals surface area contributed by atoms with E-state index in [1.165, 1.54) is 22.2 Å². The molecule has 2 fully saturated rings. The maximum atomic E-state index is 12.0. The molecule has 4 aliphatic heterocycles. The van der Waals surface area contributed by atoms with Gasteiger partial charge in [-0.25, -0.2) is 32.4 Å². The van der Waals surface area contributed by atoms with Gasteiger partial charge in [0.2, 0.25) is 0 Å². The lowest BCUT2D eigenvalue weighted by molar-refractivity contribution is -0.102. The fraction of sp³-hybridized carbons (Fsp3) is 0.444. The third-order valence-electron chi connectivity index (χ3n) is 8.30. The van der Waals surface area contributed by atoms with Crippen LogP contribution in [0, 0.1) is 24.7 Å². The number of phosphoric acid groups is 6. The Balaban J connectivity index is 0.000000340. The van der Waals surface area contributed by atoms with Gasteiger partial charge in [0.05, 0.1) is 0 Å². The molecule has 4 aliphatic rings. The van der Waals surface area contributed by atoms with Gasteiger partial charge in [-0.05, 0) is 19.4 Å². The molecular formula is C27H41N5O26P6. The van der Waals surface area contributed by atoms with E-state index in [2.05, 4.69) is 56.3 Å². The van der Waals surface area contributed by atoms with Crippen LogP contribution in [-0.4, -0.2) is 136 Å². The molecule has 0 aromatic rings. The Morgan fingerprint density at radius 3 is 1.45 bits per heavy atom. The summed E-state index contributed by atoms with van der Waals surface area (Å²) in [6, 6.07) is 0. The number of ether oxygens (including phenoxy) is 2. The van der Waals surface area contributed by atoms with E-state index in [-0.39, 0.29) is 17.5 Å². The first-order valence-corrected chi connectivity index (χ1v) is 25.6. The summed E-state index contributed by atoms with van der Waals surface area (Å²) in [5.41, 5.74) is 2.71. The van der Waals surface area contributed by atoms with Gasteiger partial charge in [-0.15, -0.1) is 12.8 Å². The van der Waals surface area contributed by atoms with Crippen LogP contribution in [0.2, 0.25) is 0 Å². The third kappa shape index (κ3) is 14.1. The second-order valence-corrected chi connectivity index (χ2v) is 21.9. The molecule has 0 aromatic heterocycles. The van der Waals surface area contributed by atoms with E-state index in [1.807, 2.05) is 11.8 Å². The van der Waals surface area contributed by atoms with Crippen LogP contribution in [0.5, 0.6) is 0 Å². The van der Waals surface area contributed by atoms with Crippen LogP contribution in [0.1, 0.15) is 13.8 Å². The maximum Gasteiger partial charge on any atom is 0.490 e. The minimum Gasteiger partial charge on any atom is -0.386 e. The van der Waals surface area contributed by atoms with Crippen LogP contribution in [0.4, 0.5) is 0 Å². The summed E-state index contributed by atoms with van der Waals surface area (Å²) < 4.78 is 102. The quantitative estimate of drug-likeness (QED) is 0.0611. The molecule has 12 atom stereocenters. The molecule has 6 unspecified atom stereocenters. The second kappa shape index (κ2) is 19.9. The predicted molar refractivity (Wildman–Crippen MR) is 210 cm³/mol. The number of hydrogen-bond donors (Lipinski definition) is 14. The van der Waals surface area contributed by atoms with E-state index in [0.29, 0.717) is 16.8 Å². The number of nitrogens with zero attached hydrogens (tertiary/aromatic N) is 3. The number of amidine groups is 1. The number of phosphoric ester groups is 2. The van der Waals surface area contributed by atoms with Crippen molar-refractivity contribution in [1.82, 2.24) is 15.1 Å². The summed E-state index contributed by atoms with van der Waals surface area (Å²) in [5, 5.41) is 44.5. The van der Waals surface area contributed by atoms with Gasteiger partial charge in [-0.1, -0.05) is 31.6 Å². The van der Waals surface area contributed by atoms with Crippen LogP contribution in [-0.2, 0) is 63.2 Å². The zero-order valence-electron chi connectivity index (χ0n) is 32.5. The molecule has 0 aromatic carbocycles. The number of allylic oxidation sites excluding steroid dienone is 1. The Hall–Kier alpha value is -2.73. The first kappa shape index (κ1) is 55.6. The van der Waals surface area contributed by atoms with E-state index < -0.39 is 108 Å². The number of aliphatic hydroxyl groups is 4. The third-order valence-corrected chi connectivity index (χ3v) is 15.9. The Morgan fingerprint density at radius 2 is 1.08 bits per heavy atom. The summed E-state index contributed by atoms with van der Waals surface area (Å²) in [6.07, 6.45) is 3.62. The molecule has 2 saturated heterocycles. The Labute approximate surface area is 361 Å². The molecule has 15 N–H and O–H groups in total. The molecule has 0 aliphatic carbocycles. The predicted octanol–water partition coefficient (Wildman–Crippen LogP) is -1.60. The average Bonchev–Trinajstić information content (AvgIpc) is 3.51. The monoisotopic (exact) mass is 1040 g/mol. The molecule has 0 radical (unpaired) electrons. The van der Waals surface area contributed by atoms with Gasteiger partial charge in [0.1, 0.15) is 55.1 Å². The molecule has 4 rings (SSSR count). The number of terminal acetylenes is 2. The largest absolute Gasteiger partial charge is 0.490 e. The summed E-state index contributed by atoms with van der Waals surface area (Å²) in [4.78, 5) is 78.1. The van der Waals surface area contributed by atoms with Crippen molar-refractivity contribution in [3.8, 4) is 24.7 Å². The highest BCUT2D eigenvalue weighted by atomic mass is 31.3. The molecule has 64 heavy (non-hydrogen) atoms. The number of nitrogens with one attached hydrogen (secondary N) is 1. The van der Waals surface area contributed by atoms with Gasteiger partial charge in [-0.2, -0.15) is 17.2 Å². The zero-order chi connectivity index (χ0) is 49.4. The SMILES string of the molecule is C#C[C@]1(COP(=O)(O)OP(=O)(O)OP(=O)(O)O)O[C@@H](N2C=C(C)C(=C)NC2=C)C(O)[C@H]1O.C#C[C@]1(COP(=O)(O)OP(=O)(O)OP(=O)(O)O)O[C@@H](N2C=C(C)C(N)=NC2=C)C(O)[C@H]1O. The van der Waals surface area contributed by atoms with Crippen molar-refractivity contribution in [2.75, 3.05) is 13.2 Å².